The summed E-state index contributed by atoms with van der Waals surface area (Å²) in [5.41, 5.74) is 0.923. The van der Waals surface area contributed by atoms with Crippen LogP contribution in [-0.4, -0.2) is 49.1 Å². The second-order valence-corrected chi connectivity index (χ2v) is 9.39. The van der Waals surface area contributed by atoms with Crippen LogP contribution in [0.3, 0.4) is 0 Å². The molecule has 1 fully saturated rings. The number of carbonyl (C=O) groups is 1. The molecule has 2 heterocycles. The van der Waals surface area contributed by atoms with Gasteiger partial charge in [-0.3, -0.25) is 4.79 Å². The van der Waals surface area contributed by atoms with E-state index < -0.39 is 11.6 Å². The Bertz CT molecular complexity index is 1080. The molecule has 1 N–H and O–H groups in total. The Morgan fingerprint density at radius 2 is 1.97 bits per heavy atom. The summed E-state index contributed by atoms with van der Waals surface area (Å²) in [4.78, 5) is 15.1. The molecule has 2 aliphatic heterocycles. The smallest absolute Gasteiger partial charge is 0.317 e. The second-order valence-electron chi connectivity index (χ2n) is 8.09. The van der Waals surface area contributed by atoms with Crippen LogP contribution in [0.2, 0.25) is 0 Å². The van der Waals surface area contributed by atoms with E-state index in [2.05, 4.69) is 21.2 Å². The summed E-state index contributed by atoms with van der Waals surface area (Å²) in [6, 6.07) is 11.3. The molecule has 0 aliphatic carbocycles. The number of nitrogens with one attached hydrogen (secondary N) is 1. The van der Waals surface area contributed by atoms with E-state index in [4.69, 9.17) is 31.2 Å². The number of thiocarbonyl (C=S) groups is 1. The van der Waals surface area contributed by atoms with Crippen molar-refractivity contribution >= 4 is 39.2 Å². The zero-order valence-electron chi connectivity index (χ0n) is 19.0. The third kappa shape index (κ3) is 4.24. The van der Waals surface area contributed by atoms with Gasteiger partial charge in [0, 0.05) is 16.6 Å². The van der Waals surface area contributed by atoms with Gasteiger partial charge in [-0.2, -0.15) is 0 Å². The molecular formula is C24H27BrN2O5S. The zero-order valence-corrected chi connectivity index (χ0v) is 21.4. The average Bonchev–Trinajstić information content (AvgIpc) is 2.79. The second kappa shape index (κ2) is 9.38. The number of hydrogen-bond donors (Lipinski definition) is 1. The van der Waals surface area contributed by atoms with Crippen LogP contribution < -0.4 is 19.5 Å². The molecule has 33 heavy (non-hydrogen) atoms. The Morgan fingerprint density at radius 1 is 1.21 bits per heavy atom. The molecule has 2 aliphatic rings. The lowest BCUT2D eigenvalue weighted by Gasteiger charge is -2.55. The molecule has 1 saturated heterocycles. The maximum atomic E-state index is 13.1. The van der Waals surface area contributed by atoms with Gasteiger partial charge >= 0.3 is 5.97 Å². The lowest BCUT2D eigenvalue weighted by molar-refractivity contribution is -0.175. The Hall–Kier alpha value is -2.52. The fraction of sp³-hybridized carbons (Fsp3) is 0.417. The highest BCUT2D eigenvalue weighted by molar-refractivity contribution is 9.10. The van der Waals surface area contributed by atoms with Crippen molar-refractivity contribution in [3.8, 4) is 17.2 Å². The topological polar surface area (TPSA) is 69.3 Å². The van der Waals surface area contributed by atoms with E-state index in [1.807, 2.05) is 48.2 Å². The predicted molar refractivity (Wildman–Crippen MR) is 132 cm³/mol. The summed E-state index contributed by atoms with van der Waals surface area (Å²) in [6.07, 6.45) is 0.661. The van der Waals surface area contributed by atoms with Gasteiger partial charge < -0.3 is 29.2 Å². The fourth-order valence-electron chi connectivity index (χ4n) is 4.61. The van der Waals surface area contributed by atoms with Gasteiger partial charge in [0.1, 0.15) is 11.7 Å². The van der Waals surface area contributed by atoms with E-state index in [0.717, 1.165) is 21.3 Å². The molecule has 0 aromatic heterocycles. The number of rotatable bonds is 7. The number of nitrogens with zero attached hydrogens (tertiary/aromatic N) is 1. The van der Waals surface area contributed by atoms with Crippen molar-refractivity contribution in [1.82, 2.24) is 10.2 Å². The molecule has 9 heteroatoms. The SMILES string of the molecule is CCOC(=O)C1C2NC(=S)N(CCc3ccc(OC)c(OC)c3)C1(C)Oc1ccc(Br)cc12. The molecular weight excluding hydrogens is 508 g/mol. The van der Waals surface area contributed by atoms with Crippen molar-refractivity contribution in [2.75, 3.05) is 27.4 Å². The minimum absolute atomic E-state index is 0.291. The molecule has 3 unspecified atom stereocenters. The van der Waals surface area contributed by atoms with E-state index in [1.165, 1.54) is 0 Å². The van der Waals surface area contributed by atoms with Crippen LogP contribution in [-0.2, 0) is 16.0 Å². The first-order valence-corrected chi connectivity index (χ1v) is 12.0. The minimum Gasteiger partial charge on any atom is -0.493 e. The lowest BCUT2D eigenvalue weighted by atomic mass is 9.79. The molecule has 0 amide bonds. The van der Waals surface area contributed by atoms with Gasteiger partial charge in [-0.05, 0) is 68.4 Å². The quantitative estimate of drug-likeness (QED) is 0.418. The van der Waals surface area contributed by atoms with Gasteiger partial charge in [-0.25, -0.2) is 0 Å². The van der Waals surface area contributed by atoms with Crippen molar-refractivity contribution in [2.24, 2.45) is 5.92 Å². The number of esters is 1. The van der Waals surface area contributed by atoms with Crippen LogP contribution in [0.25, 0.3) is 0 Å². The first-order chi connectivity index (χ1) is 15.8. The van der Waals surface area contributed by atoms with Crippen LogP contribution in [0.4, 0.5) is 0 Å². The maximum Gasteiger partial charge on any atom is 0.317 e. The number of methoxy groups -OCH3 is 2. The van der Waals surface area contributed by atoms with E-state index in [-0.39, 0.29) is 12.0 Å². The normalized spacial score (nSPS) is 23.2. The summed E-state index contributed by atoms with van der Waals surface area (Å²) in [6.45, 7) is 4.54. The highest BCUT2D eigenvalue weighted by atomic mass is 79.9. The van der Waals surface area contributed by atoms with Crippen molar-refractivity contribution in [3.63, 3.8) is 0 Å². The molecule has 2 aromatic rings. The summed E-state index contributed by atoms with van der Waals surface area (Å²) in [5, 5.41) is 3.92. The van der Waals surface area contributed by atoms with Gasteiger partial charge in [0.25, 0.3) is 0 Å². The largest absolute Gasteiger partial charge is 0.493 e. The lowest BCUT2D eigenvalue weighted by Crippen LogP contribution is -2.71. The molecule has 3 atom stereocenters. The van der Waals surface area contributed by atoms with Gasteiger partial charge in [-0.1, -0.05) is 22.0 Å². The standard InChI is InChI=1S/C24H27BrN2O5S/c1-5-31-22(28)20-21-16-13-15(25)7-9-17(16)32-24(20,2)27(23(33)26-21)11-10-14-6-8-18(29-3)19(12-14)30-4/h6-9,12-13,20-21H,5,10-11H2,1-4H3,(H,26,33). The van der Waals surface area contributed by atoms with Crippen molar-refractivity contribution in [3.05, 3.63) is 52.0 Å². The predicted octanol–water partition coefficient (Wildman–Crippen LogP) is 4.23. The molecule has 7 nitrogen and oxygen atoms in total. The summed E-state index contributed by atoms with van der Waals surface area (Å²) in [7, 11) is 3.22. The summed E-state index contributed by atoms with van der Waals surface area (Å²) >= 11 is 9.27. The van der Waals surface area contributed by atoms with Crippen molar-refractivity contribution in [1.29, 1.82) is 0 Å². The van der Waals surface area contributed by atoms with E-state index in [9.17, 15) is 4.79 Å². The molecule has 0 spiro atoms. The highest BCUT2D eigenvalue weighted by Crippen LogP contribution is 2.49. The van der Waals surface area contributed by atoms with Gasteiger partial charge in [0.15, 0.2) is 22.3 Å². The zero-order chi connectivity index (χ0) is 23.8. The number of halogens is 1. The molecule has 176 valence electrons. The number of ether oxygens (including phenoxy) is 4. The first-order valence-electron chi connectivity index (χ1n) is 10.8. The number of hydrogen-bond acceptors (Lipinski definition) is 6. The third-order valence-electron chi connectivity index (χ3n) is 6.21. The number of carbonyl (C=O) groups excluding carboxylic acids is 1. The van der Waals surface area contributed by atoms with Crippen LogP contribution in [0.1, 0.15) is 31.0 Å². The Balaban J connectivity index is 1.67. The Labute approximate surface area is 207 Å². The monoisotopic (exact) mass is 534 g/mol. The third-order valence-corrected chi connectivity index (χ3v) is 7.04. The molecule has 2 bridgehead atoms. The van der Waals surface area contributed by atoms with Crippen LogP contribution >= 0.6 is 28.1 Å². The van der Waals surface area contributed by atoms with E-state index >= 15 is 0 Å². The van der Waals surface area contributed by atoms with Crippen LogP contribution in [0.5, 0.6) is 17.2 Å². The maximum absolute atomic E-state index is 13.1. The summed E-state index contributed by atoms with van der Waals surface area (Å²) in [5.74, 6) is 1.14. The molecule has 4 rings (SSSR count). The Morgan fingerprint density at radius 3 is 2.67 bits per heavy atom. The number of fused-ring (bicyclic) bond motifs is 4. The van der Waals surface area contributed by atoms with Gasteiger partial charge in [0.2, 0.25) is 0 Å². The van der Waals surface area contributed by atoms with Crippen molar-refractivity contribution < 1.29 is 23.7 Å². The Kier molecular flexibility index (Phi) is 6.72. The highest BCUT2D eigenvalue weighted by Gasteiger charge is 2.59. The van der Waals surface area contributed by atoms with E-state index in [1.54, 1.807) is 21.1 Å². The molecule has 2 aromatic carbocycles. The minimum atomic E-state index is -1.00. The average molecular weight is 535 g/mol. The summed E-state index contributed by atoms with van der Waals surface area (Å²) < 4.78 is 23.6. The fourth-order valence-corrected chi connectivity index (χ4v) is 5.39. The molecule has 0 radical (unpaired) electrons. The van der Waals surface area contributed by atoms with Crippen LogP contribution in [0.15, 0.2) is 40.9 Å². The van der Waals surface area contributed by atoms with E-state index in [0.29, 0.717) is 36.2 Å². The van der Waals surface area contributed by atoms with Crippen LogP contribution in [0, 0.1) is 5.92 Å². The number of benzene rings is 2. The van der Waals surface area contributed by atoms with Gasteiger partial charge in [0.05, 0.1) is 26.9 Å². The van der Waals surface area contributed by atoms with Gasteiger partial charge in [-0.15, -0.1) is 0 Å². The first kappa shape index (κ1) is 23.6. The van der Waals surface area contributed by atoms with Crippen molar-refractivity contribution in [2.45, 2.75) is 32.0 Å². The molecule has 0 saturated carbocycles.